The summed E-state index contributed by atoms with van der Waals surface area (Å²) in [6.07, 6.45) is -2.48. The van der Waals surface area contributed by atoms with Gasteiger partial charge in [-0.1, -0.05) is 0 Å². The average molecular weight is 154 g/mol. The van der Waals surface area contributed by atoms with Gasteiger partial charge in [-0.15, -0.1) is 0 Å². The van der Waals surface area contributed by atoms with Crippen molar-refractivity contribution in [2.24, 2.45) is 0 Å². The molecule has 0 atom stereocenters. The van der Waals surface area contributed by atoms with Crippen molar-refractivity contribution >= 4 is 11.6 Å². The van der Waals surface area contributed by atoms with Gasteiger partial charge >= 0.3 is 6.08 Å². The number of halogens is 6. The van der Waals surface area contributed by atoms with Gasteiger partial charge in [0.2, 0.25) is 0 Å². The topological polar surface area (TPSA) is 0 Å². The molecular formula is C2ClF5. The molecule has 0 amide bonds. The average Bonchev–Trinajstić information content (AvgIpc) is 1.72. The summed E-state index contributed by atoms with van der Waals surface area (Å²) in [5.41, 5.74) is 0. The van der Waals surface area contributed by atoms with Gasteiger partial charge in [-0.2, -0.15) is 13.2 Å². The summed E-state index contributed by atoms with van der Waals surface area (Å²) in [6.45, 7) is 0. The van der Waals surface area contributed by atoms with E-state index in [1.54, 1.807) is 0 Å². The molecule has 0 aromatic rings. The summed E-state index contributed by atoms with van der Waals surface area (Å²) in [4.78, 5) is 0. The van der Waals surface area contributed by atoms with E-state index in [9.17, 15) is 13.2 Å². The summed E-state index contributed by atoms with van der Waals surface area (Å²) < 4.78 is 47.8. The third-order valence-electron chi connectivity index (χ3n) is 0.143. The zero-order valence-corrected chi connectivity index (χ0v) is 4.02. The van der Waals surface area contributed by atoms with Crippen LogP contribution in [0.15, 0.2) is 11.4 Å². The SMILES string of the molecule is FC(F)=C(F)Cl.FF. The molecule has 0 aliphatic rings. The highest BCUT2D eigenvalue weighted by Gasteiger charge is 1.95. The lowest BCUT2D eigenvalue weighted by molar-refractivity contribution is 0.108. The molecule has 0 bridgehead atoms. The van der Waals surface area contributed by atoms with Crippen molar-refractivity contribution < 1.29 is 22.3 Å². The molecule has 0 saturated carbocycles. The summed E-state index contributed by atoms with van der Waals surface area (Å²) in [5, 5.41) is -1.94. The molecular weight excluding hydrogens is 154 g/mol. The minimum atomic E-state index is -2.48. The monoisotopic (exact) mass is 154 g/mol. The van der Waals surface area contributed by atoms with Crippen molar-refractivity contribution in [3.05, 3.63) is 11.4 Å². The number of hydrogen-bond acceptors (Lipinski definition) is 0. The van der Waals surface area contributed by atoms with E-state index in [1.165, 1.54) is 0 Å². The maximum absolute atomic E-state index is 10.7. The molecule has 0 unspecified atom stereocenters. The molecule has 0 aromatic carbocycles. The highest BCUT2D eigenvalue weighted by Crippen LogP contribution is 2.11. The van der Waals surface area contributed by atoms with Gasteiger partial charge < -0.3 is 0 Å². The quantitative estimate of drug-likeness (QED) is 0.470. The van der Waals surface area contributed by atoms with Gasteiger partial charge in [-0.25, -0.2) is 0 Å². The second kappa shape index (κ2) is 6.68. The van der Waals surface area contributed by atoms with E-state index in [0.717, 1.165) is 0 Å². The van der Waals surface area contributed by atoms with Gasteiger partial charge in [0.05, 0.1) is 0 Å². The van der Waals surface area contributed by atoms with Crippen LogP contribution in [0, 0.1) is 0 Å². The lowest BCUT2D eigenvalue weighted by Crippen LogP contribution is -1.54. The van der Waals surface area contributed by atoms with Crippen molar-refractivity contribution in [3.63, 3.8) is 0 Å². The summed E-state index contributed by atoms with van der Waals surface area (Å²) >= 11 is 4.08. The Hall–Kier alpha value is -0.320. The number of hydrogen-bond donors (Lipinski definition) is 0. The van der Waals surface area contributed by atoms with E-state index >= 15 is 0 Å². The zero-order valence-electron chi connectivity index (χ0n) is 3.27. The third-order valence-corrected chi connectivity index (χ3v) is 0.286. The van der Waals surface area contributed by atoms with Crippen LogP contribution in [0.1, 0.15) is 0 Å². The molecule has 0 aromatic heterocycles. The second-order valence-corrected chi connectivity index (χ2v) is 0.853. The number of rotatable bonds is 0. The lowest BCUT2D eigenvalue weighted by atomic mass is 11.1. The van der Waals surface area contributed by atoms with E-state index < -0.39 is 11.4 Å². The van der Waals surface area contributed by atoms with Crippen LogP contribution in [-0.2, 0) is 0 Å². The predicted molar refractivity (Wildman–Crippen MR) is 18.4 cm³/mol. The Morgan fingerprint density at radius 3 is 1.12 bits per heavy atom. The van der Waals surface area contributed by atoms with Crippen molar-refractivity contribution in [2.45, 2.75) is 0 Å². The van der Waals surface area contributed by atoms with Crippen molar-refractivity contribution in [3.8, 4) is 0 Å². The first-order valence-corrected chi connectivity index (χ1v) is 1.53. The largest absolute Gasteiger partial charge is 0.317 e. The fraction of sp³-hybridized carbons (Fsp3) is 0. The molecule has 8 heavy (non-hydrogen) atoms. The molecule has 0 heterocycles. The van der Waals surface area contributed by atoms with Gasteiger partial charge in [0.15, 0.2) is 0 Å². The Morgan fingerprint density at radius 2 is 1.12 bits per heavy atom. The zero-order chi connectivity index (χ0) is 7.15. The minimum Gasteiger partial charge on any atom is -0.188 e. The van der Waals surface area contributed by atoms with Crippen LogP contribution >= 0.6 is 11.6 Å². The van der Waals surface area contributed by atoms with Crippen LogP contribution in [0.25, 0.3) is 0 Å². The van der Waals surface area contributed by atoms with E-state index in [4.69, 9.17) is 9.15 Å². The fourth-order valence-electron chi connectivity index (χ4n) is 0. The smallest absolute Gasteiger partial charge is 0.188 e. The van der Waals surface area contributed by atoms with Gasteiger partial charge in [-0.05, 0) is 11.6 Å². The minimum absolute atomic E-state index is 1.94. The maximum Gasteiger partial charge on any atom is 0.317 e. The standard InChI is InChI=1S/C2ClF3.F2/c3-1(4)2(5)6;1-2. The first kappa shape index (κ1) is 10.6. The van der Waals surface area contributed by atoms with E-state index in [2.05, 4.69) is 11.6 Å². The van der Waals surface area contributed by atoms with Crippen molar-refractivity contribution in [2.75, 3.05) is 0 Å². The van der Waals surface area contributed by atoms with Crippen molar-refractivity contribution in [1.82, 2.24) is 0 Å². The molecule has 0 spiro atoms. The molecule has 0 saturated heterocycles. The van der Waals surface area contributed by atoms with Crippen molar-refractivity contribution in [1.29, 1.82) is 0 Å². The predicted octanol–water partition coefficient (Wildman–Crippen LogP) is 3.10. The van der Waals surface area contributed by atoms with E-state index in [-0.39, 0.29) is 0 Å². The summed E-state index contributed by atoms with van der Waals surface area (Å²) in [7, 11) is 0. The molecule has 0 radical (unpaired) electrons. The van der Waals surface area contributed by atoms with Crippen LogP contribution in [0.5, 0.6) is 0 Å². The molecule has 50 valence electrons. The van der Waals surface area contributed by atoms with Gasteiger partial charge in [-0.3, -0.25) is 0 Å². The fourth-order valence-corrected chi connectivity index (χ4v) is 0. The van der Waals surface area contributed by atoms with Gasteiger partial charge in [0, 0.05) is 9.15 Å². The molecule has 0 fully saturated rings. The summed E-state index contributed by atoms with van der Waals surface area (Å²) in [6, 6.07) is 0. The molecule has 0 aliphatic carbocycles. The van der Waals surface area contributed by atoms with Crippen LogP contribution in [-0.4, -0.2) is 0 Å². The maximum atomic E-state index is 10.7. The highest BCUT2D eigenvalue weighted by atomic mass is 35.5. The molecule has 6 heteroatoms. The third kappa shape index (κ3) is 9.19. The van der Waals surface area contributed by atoms with Crippen LogP contribution in [0.2, 0.25) is 0 Å². The molecule has 0 nitrogen and oxygen atoms in total. The molecule has 0 N–H and O–H groups in total. The summed E-state index contributed by atoms with van der Waals surface area (Å²) in [5.74, 6) is 0. The first-order chi connectivity index (χ1) is 3.64. The Morgan fingerprint density at radius 1 is 1.00 bits per heavy atom. The van der Waals surface area contributed by atoms with Gasteiger partial charge in [0.1, 0.15) is 0 Å². The van der Waals surface area contributed by atoms with Crippen LogP contribution < -0.4 is 0 Å². The Kier molecular flexibility index (Phi) is 8.87. The molecule has 0 aliphatic heterocycles. The van der Waals surface area contributed by atoms with E-state index in [0.29, 0.717) is 0 Å². The highest BCUT2D eigenvalue weighted by molar-refractivity contribution is 6.28. The van der Waals surface area contributed by atoms with Crippen LogP contribution in [0.4, 0.5) is 22.3 Å². The Labute approximate surface area is 46.4 Å². The lowest BCUT2D eigenvalue weighted by Gasteiger charge is -1.70. The Balaban J connectivity index is 0. The molecule has 0 rings (SSSR count). The Bertz CT molecular complexity index is 60.5. The normalized spacial score (nSPS) is 6.75. The van der Waals surface area contributed by atoms with Crippen LogP contribution in [0.3, 0.4) is 0 Å². The van der Waals surface area contributed by atoms with E-state index in [1.807, 2.05) is 0 Å². The van der Waals surface area contributed by atoms with Gasteiger partial charge in [0.25, 0.3) is 5.29 Å². The first-order valence-electron chi connectivity index (χ1n) is 1.15. The second-order valence-electron chi connectivity index (χ2n) is 0.521.